The summed E-state index contributed by atoms with van der Waals surface area (Å²) in [7, 11) is -2.37. The molecule has 0 radical (unpaired) electrons. The number of likely N-dealkylation sites (tertiary alicyclic amines) is 1. The van der Waals surface area contributed by atoms with Crippen LogP contribution in [0.1, 0.15) is 85.0 Å². The molecule has 1 aromatic carbocycles. The number of rotatable bonds is 16. The average Bonchev–Trinajstić information content (AvgIpc) is 4.05. The molecule has 15 nitrogen and oxygen atoms in total. The fraction of sp³-hybridized carbons (Fsp3) is 0.550. The zero-order valence-electron chi connectivity index (χ0n) is 32.3. The van der Waals surface area contributed by atoms with E-state index < -0.39 is 74.3 Å². The average molecular weight is 794 g/mol. The Morgan fingerprint density at radius 1 is 1.12 bits per heavy atom. The lowest BCUT2D eigenvalue weighted by Gasteiger charge is -2.30. The highest BCUT2D eigenvalue weighted by atomic mass is 32.2. The van der Waals surface area contributed by atoms with Crippen molar-refractivity contribution in [2.75, 3.05) is 13.7 Å². The number of carbonyl (C=O) groups is 5. The predicted molar refractivity (Wildman–Crippen MR) is 206 cm³/mol. The Labute approximate surface area is 327 Å². The molecule has 2 heterocycles. The van der Waals surface area contributed by atoms with Crippen molar-refractivity contribution in [3.63, 3.8) is 0 Å². The van der Waals surface area contributed by atoms with Gasteiger partial charge >= 0.3 is 6.09 Å². The molecule has 302 valence electrons. The largest absolute Gasteiger partial charge is 0.497 e. The number of alkyl carbamates (subject to hydrolysis) is 1. The summed E-state index contributed by atoms with van der Waals surface area (Å²) in [6, 6.07) is 4.68. The van der Waals surface area contributed by atoms with Gasteiger partial charge in [-0.3, -0.25) is 23.9 Å². The molecule has 3 saturated carbocycles. The molecule has 56 heavy (non-hydrogen) atoms. The number of ketones is 1. The maximum Gasteiger partial charge on any atom is 0.408 e. The van der Waals surface area contributed by atoms with Crippen LogP contribution in [0.25, 0.3) is 10.8 Å². The van der Waals surface area contributed by atoms with Crippen LogP contribution in [-0.4, -0.2) is 96.1 Å². The Hall–Kier alpha value is -4.99. The minimum absolute atomic E-state index is 0.0240. The molecular weight excluding hydrogens is 743 g/mol. The summed E-state index contributed by atoms with van der Waals surface area (Å²) in [6.45, 7) is 8.69. The van der Waals surface area contributed by atoms with Crippen LogP contribution in [0.3, 0.4) is 0 Å². The van der Waals surface area contributed by atoms with E-state index in [0.717, 1.165) is 24.6 Å². The summed E-state index contributed by atoms with van der Waals surface area (Å²) in [6.07, 6.45) is 7.42. The van der Waals surface area contributed by atoms with Crippen LogP contribution in [0, 0.1) is 5.92 Å². The van der Waals surface area contributed by atoms with E-state index in [1.165, 1.54) is 16.5 Å². The molecule has 0 bridgehead atoms. The van der Waals surface area contributed by atoms with Gasteiger partial charge in [0.15, 0.2) is 0 Å². The molecule has 0 unspecified atom stereocenters. The maximum atomic E-state index is 14.6. The van der Waals surface area contributed by atoms with Gasteiger partial charge in [0.05, 0.1) is 18.9 Å². The van der Waals surface area contributed by atoms with E-state index in [9.17, 15) is 32.4 Å². The van der Waals surface area contributed by atoms with Gasteiger partial charge in [0.1, 0.15) is 40.9 Å². The molecule has 16 heteroatoms. The highest BCUT2D eigenvalue weighted by Crippen LogP contribution is 2.45. The number of amides is 4. The number of ether oxygens (including phenoxy) is 3. The monoisotopic (exact) mass is 793 g/mol. The van der Waals surface area contributed by atoms with Crippen LogP contribution >= 0.6 is 0 Å². The number of Topliss-reactive ketones (excluding diaryl/α,β-unsaturated/α-hetero) is 1. The number of aromatic nitrogens is 1. The Morgan fingerprint density at radius 3 is 2.50 bits per heavy atom. The molecule has 3 aliphatic carbocycles. The first-order valence-corrected chi connectivity index (χ1v) is 20.7. The lowest BCUT2D eigenvalue weighted by atomic mass is 9.91. The minimum atomic E-state index is -3.93. The van der Waals surface area contributed by atoms with Crippen LogP contribution in [0.15, 0.2) is 54.8 Å². The van der Waals surface area contributed by atoms with Gasteiger partial charge in [0, 0.05) is 36.8 Å². The Bertz CT molecular complexity index is 2040. The predicted octanol–water partition coefficient (Wildman–Crippen LogP) is 4.00. The number of benzene rings is 1. The fourth-order valence-corrected chi connectivity index (χ4v) is 8.42. The molecule has 5 atom stereocenters. The van der Waals surface area contributed by atoms with Gasteiger partial charge in [-0.15, -0.1) is 6.58 Å². The maximum absolute atomic E-state index is 14.6. The highest BCUT2D eigenvalue weighted by molar-refractivity contribution is 7.91. The molecule has 1 aliphatic heterocycles. The van der Waals surface area contributed by atoms with Crippen molar-refractivity contribution >= 4 is 50.4 Å². The van der Waals surface area contributed by atoms with Crippen molar-refractivity contribution in [3.05, 3.63) is 54.8 Å². The zero-order chi connectivity index (χ0) is 40.4. The third kappa shape index (κ3) is 9.51. The van der Waals surface area contributed by atoms with Crippen LogP contribution in [0.2, 0.25) is 0 Å². The van der Waals surface area contributed by atoms with E-state index in [2.05, 4.69) is 26.9 Å². The first kappa shape index (κ1) is 40.7. The quantitative estimate of drug-likeness (QED) is 0.208. The molecule has 4 amide bonds. The topological polar surface area (TPSA) is 199 Å². The summed E-state index contributed by atoms with van der Waals surface area (Å²) in [5.74, 6) is -2.03. The van der Waals surface area contributed by atoms with Crippen molar-refractivity contribution in [2.24, 2.45) is 5.92 Å². The normalized spacial score (nSPS) is 23.6. The third-order valence-corrected chi connectivity index (χ3v) is 12.4. The first-order chi connectivity index (χ1) is 26.5. The smallest absolute Gasteiger partial charge is 0.408 e. The summed E-state index contributed by atoms with van der Waals surface area (Å²) < 4.78 is 44.8. The van der Waals surface area contributed by atoms with Gasteiger partial charge in [0.2, 0.25) is 27.7 Å². The van der Waals surface area contributed by atoms with Crippen LogP contribution in [0.4, 0.5) is 4.79 Å². The molecule has 1 saturated heterocycles. The number of fused-ring (bicyclic) bond motifs is 1. The molecule has 2 aromatic rings. The summed E-state index contributed by atoms with van der Waals surface area (Å²) in [5.41, 5.74) is -1.26. The fourth-order valence-electron chi connectivity index (χ4n) is 7.06. The Morgan fingerprint density at radius 2 is 1.88 bits per heavy atom. The standard InChI is InChI=1S/C40H51N5O10S/c1-6-26-22-40(26,37(49)44-56(51,52)30-14-15-30)43-34(47)33-21-29(54-35-31-16-13-28(53-5)20-25(31)18-19-41-35)23-45(33)36(48)32(42-38(50)55-39(2,3)4)17-12-27(46)11-10-24-8-7-9-24/h6,10,13,16,18-20,26,29-30,32-33H,1,7-9,11-12,14-15,17,21-23H2,2-5H3,(H,42,50)(H,43,47)(H,44,49)/t26-,29-,32+,33+,40-/m1/s1. The summed E-state index contributed by atoms with van der Waals surface area (Å²) in [4.78, 5) is 74.2. The molecule has 3 N–H and O–H groups in total. The van der Waals surface area contributed by atoms with E-state index in [1.54, 1.807) is 52.3 Å². The first-order valence-electron chi connectivity index (χ1n) is 19.1. The van der Waals surface area contributed by atoms with Crippen LogP contribution < -0.4 is 24.8 Å². The van der Waals surface area contributed by atoms with E-state index in [4.69, 9.17) is 14.2 Å². The Balaban J connectivity index is 1.27. The lowest BCUT2D eigenvalue weighted by Crippen LogP contribution is -2.58. The number of nitrogens with zero attached hydrogens (tertiary/aromatic N) is 2. The molecule has 0 spiro atoms. The van der Waals surface area contributed by atoms with E-state index in [1.807, 2.05) is 12.1 Å². The lowest BCUT2D eigenvalue weighted by molar-refractivity contribution is -0.141. The van der Waals surface area contributed by atoms with Crippen molar-refractivity contribution in [2.45, 2.75) is 120 Å². The zero-order valence-corrected chi connectivity index (χ0v) is 33.1. The van der Waals surface area contributed by atoms with Gasteiger partial charge in [-0.05, 0) is 95.4 Å². The number of pyridine rings is 1. The second kappa shape index (κ2) is 16.2. The van der Waals surface area contributed by atoms with Crippen molar-refractivity contribution in [1.29, 1.82) is 0 Å². The number of hydrogen-bond acceptors (Lipinski definition) is 11. The number of nitrogens with one attached hydrogen (secondary N) is 3. The third-order valence-electron chi connectivity index (χ3n) is 10.6. The van der Waals surface area contributed by atoms with E-state index in [0.29, 0.717) is 24.0 Å². The van der Waals surface area contributed by atoms with Crippen molar-refractivity contribution in [1.82, 2.24) is 25.2 Å². The number of carbonyl (C=O) groups excluding carboxylic acids is 5. The van der Waals surface area contributed by atoms with Gasteiger partial charge in [-0.25, -0.2) is 18.2 Å². The van der Waals surface area contributed by atoms with E-state index in [-0.39, 0.29) is 50.3 Å². The number of hydrogen-bond donors (Lipinski definition) is 3. The van der Waals surface area contributed by atoms with Gasteiger partial charge in [-0.1, -0.05) is 17.7 Å². The molecule has 1 aromatic heterocycles. The Kier molecular flexibility index (Phi) is 11.8. The summed E-state index contributed by atoms with van der Waals surface area (Å²) >= 11 is 0. The van der Waals surface area contributed by atoms with Gasteiger partial charge in [0.25, 0.3) is 5.91 Å². The van der Waals surface area contributed by atoms with Gasteiger partial charge in [-0.2, -0.15) is 0 Å². The minimum Gasteiger partial charge on any atom is -0.497 e. The van der Waals surface area contributed by atoms with Crippen LogP contribution in [0.5, 0.6) is 11.6 Å². The van der Waals surface area contributed by atoms with Crippen molar-refractivity contribution < 1.29 is 46.6 Å². The summed E-state index contributed by atoms with van der Waals surface area (Å²) in [5, 5.41) is 6.18. The second-order valence-corrected chi connectivity index (χ2v) is 18.0. The SMILES string of the molecule is C=C[C@@H]1C[C@]1(NC(=O)[C@@H]1C[C@@H](Oc2nccc3cc(OC)ccc23)CN1C(=O)[C@H](CCC(=O)CC=C1CCC1)NC(=O)OC(C)(C)C)C(=O)NS(=O)(=O)C1CC1. The number of methoxy groups -OCH3 is 1. The second-order valence-electron chi connectivity index (χ2n) is 16.1. The molecular formula is C40H51N5O10S. The van der Waals surface area contributed by atoms with Crippen molar-refractivity contribution in [3.8, 4) is 11.6 Å². The number of sulfonamides is 1. The molecule has 6 rings (SSSR count). The molecule has 4 fully saturated rings. The highest BCUT2D eigenvalue weighted by Gasteiger charge is 2.62. The van der Waals surface area contributed by atoms with Gasteiger partial charge < -0.3 is 29.7 Å². The van der Waals surface area contributed by atoms with E-state index >= 15 is 0 Å². The number of allylic oxidation sites excluding steroid dienone is 2. The van der Waals surface area contributed by atoms with Crippen LogP contribution in [-0.2, 0) is 33.9 Å². The molecule has 4 aliphatic rings.